The number of carbonyl (C=O) groups excluding carboxylic acids is 1. The number of nitrogens with zero attached hydrogens (tertiary/aromatic N) is 7. The Labute approximate surface area is 213 Å². The molecular weight excluding hydrogens is 476 g/mol. The van der Waals surface area contributed by atoms with Gasteiger partial charge in [0.15, 0.2) is 11.6 Å². The van der Waals surface area contributed by atoms with E-state index in [-0.39, 0.29) is 24.1 Å². The van der Waals surface area contributed by atoms with E-state index in [9.17, 15) is 13.6 Å². The highest BCUT2D eigenvalue weighted by molar-refractivity contribution is 5.77. The van der Waals surface area contributed by atoms with E-state index < -0.39 is 0 Å². The first kappa shape index (κ1) is 24.4. The van der Waals surface area contributed by atoms with Crippen molar-refractivity contribution in [2.45, 2.75) is 6.54 Å². The second-order valence-corrected chi connectivity index (χ2v) is 9.06. The van der Waals surface area contributed by atoms with E-state index in [1.54, 1.807) is 35.4 Å². The predicted molar refractivity (Wildman–Crippen MR) is 138 cm³/mol. The van der Waals surface area contributed by atoms with Crippen molar-refractivity contribution in [1.82, 2.24) is 24.6 Å². The molecule has 0 N–H and O–H groups in total. The van der Waals surface area contributed by atoms with Gasteiger partial charge < -0.3 is 14.7 Å². The number of hydrogen-bond donors (Lipinski definition) is 0. The minimum atomic E-state index is -0.367. The molecular formula is C27H27F2N7O. The number of halogens is 2. The van der Waals surface area contributed by atoms with Crippen molar-refractivity contribution in [1.29, 1.82) is 0 Å². The van der Waals surface area contributed by atoms with Crippen molar-refractivity contribution in [3.05, 3.63) is 78.5 Å². The number of carbonyl (C=O) groups is 1. The number of hydrogen-bond acceptors (Lipinski definition) is 6. The molecule has 1 aliphatic heterocycles. The maximum absolute atomic E-state index is 13.5. The first-order valence-corrected chi connectivity index (χ1v) is 12.0. The van der Waals surface area contributed by atoms with Crippen LogP contribution in [0.4, 0.5) is 20.3 Å². The third-order valence-electron chi connectivity index (χ3n) is 6.36. The van der Waals surface area contributed by atoms with Gasteiger partial charge in [0.05, 0.1) is 0 Å². The molecule has 5 rings (SSSR count). The Bertz CT molecular complexity index is 1380. The molecule has 2 aromatic carbocycles. The van der Waals surface area contributed by atoms with Crippen molar-refractivity contribution < 1.29 is 13.6 Å². The summed E-state index contributed by atoms with van der Waals surface area (Å²) in [5, 5.41) is 4.55. The summed E-state index contributed by atoms with van der Waals surface area (Å²) in [6.45, 7) is 2.42. The van der Waals surface area contributed by atoms with Gasteiger partial charge >= 0.3 is 0 Å². The fraction of sp³-hybridized carbons (Fsp3) is 0.259. The number of piperazine rings is 1. The van der Waals surface area contributed by atoms with Crippen LogP contribution in [0.3, 0.4) is 0 Å². The van der Waals surface area contributed by atoms with Gasteiger partial charge in [-0.1, -0.05) is 0 Å². The molecule has 1 amide bonds. The zero-order valence-electron chi connectivity index (χ0n) is 20.7. The van der Waals surface area contributed by atoms with Crippen LogP contribution in [0.5, 0.6) is 0 Å². The SMILES string of the molecule is CN(C)c1ccnc(N2CCN(C(=O)Cn3nc(-c4ccc(F)cc4)nc3-c3ccc(F)cc3)CC2)c1. The molecule has 1 fully saturated rings. The molecule has 1 aliphatic rings. The maximum atomic E-state index is 13.5. The van der Waals surface area contributed by atoms with Crippen LogP contribution in [0.1, 0.15) is 0 Å². The Morgan fingerprint density at radius 3 is 2.14 bits per heavy atom. The van der Waals surface area contributed by atoms with Gasteiger partial charge in [0.2, 0.25) is 5.91 Å². The largest absolute Gasteiger partial charge is 0.378 e. The Balaban J connectivity index is 1.33. The zero-order chi connectivity index (χ0) is 25.9. The van der Waals surface area contributed by atoms with Crippen LogP contribution in [0.2, 0.25) is 0 Å². The summed E-state index contributed by atoms with van der Waals surface area (Å²) in [6.07, 6.45) is 1.79. The van der Waals surface area contributed by atoms with Crippen LogP contribution in [0.25, 0.3) is 22.8 Å². The van der Waals surface area contributed by atoms with E-state index >= 15 is 0 Å². The molecule has 2 aromatic heterocycles. The quantitative estimate of drug-likeness (QED) is 0.400. The van der Waals surface area contributed by atoms with Crippen LogP contribution in [0.15, 0.2) is 66.9 Å². The van der Waals surface area contributed by atoms with Crippen molar-refractivity contribution in [3.8, 4) is 22.8 Å². The minimum absolute atomic E-state index is 0.0186. The van der Waals surface area contributed by atoms with Crippen molar-refractivity contribution in [3.63, 3.8) is 0 Å². The van der Waals surface area contributed by atoms with Gasteiger partial charge in [-0.05, 0) is 54.6 Å². The summed E-state index contributed by atoms with van der Waals surface area (Å²) in [7, 11) is 3.98. The summed E-state index contributed by atoms with van der Waals surface area (Å²) >= 11 is 0. The van der Waals surface area contributed by atoms with Crippen LogP contribution in [-0.4, -0.2) is 70.8 Å². The summed E-state index contributed by atoms with van der Waals surface area (Å²) in [5.41, 5.74) is 2.32. The average Bonchev–Trinajstić information content (AvgIpc) is 3.33. The van der Waals surface area contributed by atoms with E-state index in [0.29, 0.717) is 49.0 Å². The number of pyridine rings is 1. The Morgan fingerprint density at radius 1 is 0.892 bits per heavy atom. The normalized spacial score (nSPS) is 13.6. The smallest absolute Gasteiger partial charge is 0.244 e. The maximum Gasteiger partial charge on any atom is 0.244 e. The summed E-state index contributed by atoms with van der Waals surface area (Å²) < 4.78 is 28.5. The molecule has 1 saturated heterocycles. The van der Waals surface area contributed by atoms with Crippen molar-refractivity contribution in [2.75, 3.05) is 50.1 Å². The number of aromatic nitrogens is 4. The van der Waals surface area contributed by atoms with E-state index in [0.717, 1.165) is 11.5 Å². The van der Waals surface area contributed by atoms with Crippen LogP contribution in [0, 0.1) is 11.6 Å². The topological polar surface area (TPSA) is 70.4 Å². The summed E-state index contributed by atoms with van der Waals surface area (Å²) in [5.74, 6) is 0.874. The summed E-state index contributed by atoms with van der Waals surface area (Å²) in [6, 6.07) is 15.7. The lowest BCUT2D eigenvalue weighted by Gasteiger charge is -2.35. The standard InChI is InChI=1S/C27H27F2N7O/c1-33(2)23-11-12-30-24(17-23)34-13-15-35(16-14-34)25(37)18-36-27(20-5-9-22(29)10-6-20)31-26(32-36)19-3-7-21(28)8-4-19/h3-12,17H,13-16,18H2,1-2H3. The predicted octanol–water partition coefficient (Wildman–Crippen LogP) is 3.70. The molecule has 3 heterocycles. The molecule has 8 nitrogen and oxygen atoms in total. The molecule has 0 aliphatic carbocycles. The third kappa shape index (κ3) is 5.42. The second kappa shape index (κ2) is 10.3. The van der Waals surface area contributed by atoms with Gasteiger partial charge in [-0.25, -0.2) is 23.4 Å². The first-order valence-electron chi connectivity index (χ1n) is 12.0. The monoisotopic (exact) mass is 503 g/mol. The molecule has 10 heteroatoms. The minimum Gasteiger partial charge on any atom is -0.378 e. The third-order valence-corrected chi connectivity index (χ3v) is 6.36. The zero-order valence-corrected chi connectivity index (χ0v) is 20.7. The Kier molecular flexibility index (Phi) is 6.80. The van der Waals surface area contributed by atoms with Crippen molar-refractivity contribution in [2.24, 2.45) is 0 Å². The lowest BCUT2D eigenvalue weighted by molar-refractivity contribution is -0.132. The highest BCUT2D eigenvalue weighted by Crippen LogP contribution is 2.24. The van der Waals surface area contributed by atoms with Gasteiger partial charge in [-0.2, -0.15) is 0 Å². The second-order valence-electron chi connectivity index (χ2n) is 9.06. The fourth-order valence-electron chi connectivity index (χ4n) is 4.26. The fourth-order valence-corrected chi connectivity index (χ4v) is 4.26. The highest BCUT2D eigenvalue weighted by Gasteiger charge is 2.24. The van der Waals surface area contributed by atoms with Gasteiger partial charge in [-0.15, -0.1) is 5.10 Å². The summed E-state index contributed by atoms with van der Waals surface area (Å²) in [4.78, 5) is 28.4. The molecule has 0 spiro atoms. The van der Waals surface area contributed by atoms with Crippen molar-refractivity contribution >= 4 is 17.4 Å². The number of rotatable bonds is 6. The molecule has 0 radical (unpaired) electrons. The first-order chi connectivity index (χ1) is 17.9. The Hall–Kier alpha value is -4.34. The van der Waals surface area contributed by atoms with Gasteiger partial charge in [0.1, 0.15) is 24.0 Å². The molecule has 0 saturated carbocycles. The Morgan fingerprint density at radius 2 is 1.51 bits per heavy atom. The molecule has 4 aromatic rings. The molecule has 190 valence electrons. The average molecular weight is 504 g/mol. The highest BCUT2D eigenvalue weighted by atomic mass is 19.1. The van der Waals surface area contributed by atoms with Crippen LogP contribution in [-0.2, 0) is 11.3 Å². The molecule has 0 unspecified atom stereocenters. The van der Waals surface area contributed by atoms with E-state index in [4.69, 9.17) is 0 Å². The lowest BCUT2D eigenvalue weighted by Crippen LogP contribution is -2.50. The van der Waals surface area contributed by atoms with Crippen LogP contribution >= 0.6 is 0 Å². The molecule has 37 heavy (non-hydrogen) atoms. The van der Waals surface area contributed by atoms with E-state index in [2.05, 4.69) is 20.0 Å². The number of benzene rings is 2. The number of amides is 1. The van der Waals surface area contributed by atoms with E-state index in [1.807, 2.05) is 31.1 Å². The lowest BCUT2D eigenvalue weighted by atomic mass is 10.2. The van der Waals surface area contributed by atoms with Gasteiger partial charge in [0, 0.05) is 69.4 Å². The van der Waals surface area contributed by atoms with Gasteiger partial charge in [-0.3, -0.25) is 4.79 Å². The number of anilines is 2. The molecule has 0 atom stereocenters. The van der Waals surface area contributed by atoms with Crippen LogP contribution < -0.4 is 9.80 Å². The van der Waals surface area contributed by atoms with Gasteiger partial charge in [0.25, 0.3) is 0 Å². The molecule has 0 bridgehead atoms. The van der Waals surface area contributed by atoms with E-state index in [1.165, 1.54) is 28.9 Å².